The second-order valence-corrected chi connectivity index (χ2v) is 5.47. The molecule has 0 aromatic carbocycles. The van der Waals surface area contributed by atoms with Gasteiger partial charge in [0.2, 0.25) is 0 Å². The molecular weight excluding hydrogens is 212 g/mol. The molecule has 1 fully saturated rings. The van der Waals surface area contributed by atoms with Crippen molar-refractivity contribution in [1.82, 2.24) is 4.90 Å². The van der Waals surface area contributed by atoms with E-state index in [1.54, 1.807) is 0 Å². The molecule has 1 saturated heterocycles. The van der Waals surface area contributed by atoms with Gasteiger partial charge in [0.1, 0.15) is 11.5 Å². The molecule has 1 aliphatic heterocycles. The van der Waals surface area contributed by atoms with Gasteiger partial charge in [-0.05, 0) is 39.2 Å². The molecular formula is C14H24N2O. The van der Waals surface area contributed by atoms with E-state index in [9.17, 15) is 0 Å². The van der Waals surface area contributed by atoms with Gasteiger partial charge in [-0.25, -0.2) is 0 Å². The minimum Gasteiger partial charge on any atom is -0.466 e. The maximum absolute atomic E-state index is 6.07. The van der Waals surface area contributed by atoms with Crippen LogP contribution in [-0.4, -0.2) is 24.0 Å². The highest BCUT2D eigenvalue weighted by Crippen LogP contribution is 2.29. The van der Waals surface area contributed by atoms with Crippen LogP contribution >= 0.6 is 0 Å². The maximum Gasteiger partial charge on any atom is 0.105 e. The fraction of sp³-hybridized carbons (Fsp3) is 0.714. The predicted molar refractivity (Wildman–Crippen MR) is 69.9 cm³/mol. The van der Waals surface area contributed by atoms with Crippen molar-refractivity contribution in [1.29, 1.82) is 0 Å². The molecule has 0 spiro atoms. The van der Waals surface area contributed by atoms with Gasteiger partial charge in [0.15, 0.2) is 0 Å². The van der Waals surface area contributed by atoms with Crippen LogP contribution in [0.25, 0.3) is 0 Å². The molecule has 2 heterocycles. The van der Waals surface area contributed by atoms with Gasteiger partial charge in [-0.15, -0.1) is 0 Å². The monoisotopic (exact) mass is 236 g/mol. The van der Waals surface area contributed by atoms with Gasteiger partial charge in [-0.1, -0.05) is 6.92 Å². The molecule has 0 aliphatic carbocycles. The Morgan fingerprint density at radius 3 is 2.71 bits per heavy atom. The third-order valence-corrected chi connectivity index (χ3v) is 4.08. The molecule has 0 bridgehead atoms. The zero-order valence-corrected chi connectivity index (χ0v) is 11.4. The lowest BCUT2D eigenvalue weighted by molar-refractivity contribution is 0.123. The summed E-state index contributed by atoms with van der Waals surface area (Å²) in [6, 6.07) is 2.96. The fourth-order valence-electron chi connectivity index (χ4n) is 2.81. The van der Waals surface area contributed by atoms with Gasteiger partial charge in [-0.2, -0.15) is 0 Å². The summed E-state index contributed by atoms with van der Waals surface area (Å²) < 4.78 is 5.62. The third kappa shape index (κ3) is 2.55. The number of piperidine rings is 1. The molecule has 3 nitrogen and oxygen atoms in total. The first-order chi connectivity index (χ1) is 7.99. The maximum atomic E-state index is 6.07. The van der Waals surface area contributed by atoms with Crippen molar-refractivity contribution >= 4 is 0 Å². The lowest BCUT2D eigenvalue weighted by atomic mass is 9.92. The summed E-state index contributed by atoms with van der Waals surface area (Å²) in [6.07, 6.45) is 1.10. The number of aryl methyl sites for hydroxylation is 2. The summed E-state index contributed by atoms with van der Waals surface area (Å²) in [6.45, 7) is 10.8. The van der Waals surface area contributed by atoms with Crippen LogP contribution < -0.4 is 5.73 Å². The van der Waals surface area contributed by atoms with Crippen molar-refractivity contribution in [3.05, 3.63) is 23.2 Å². The van der Waals surface area contributed by atoms with Crippen LogP contribution in [0.5, 0.6) is 0 Å². The Bertz CT molecular complexity index is 386. The number of nitrogens with zero attached hydrogens (tertiary/aromatic N) is 1. The number of hydrogen-bond donors (Lipinski definition) is 1. The van der Waals surface area contributed by atoms with Gasteiger partial charge < -0.3 is 10.2 Å². The number of rotatable bonds is 2. The zero-order chi connectivity index (χ0) is 12.6. The highest BCUT2D eigenvalue weighted by atomic mass is 16.3. The Morgan fingerprint density at radius 2 is 2.18 bits per heavy atom. The van der Waals surface area contributed by atoms with Gasteiger partial charge >= 0.3 is 0 Å². The van der Waals surface area contributed by atoms with E-state index < -0.39 is 0 Å². The summed E-state index contributed by atoms with van der Waals surface area (Å²) >= 11 is 0. The molecule has 1 aliphatic rings. The van der Waals surface area contributed by atoms with Crippen molar-refractivity contribution in [3.8, 4) is 0 Å². The van der Waals surface area contributed by atoms with E-state index in [1.807, 2.05) is 6.92 Å². The summed E-state index contributed by atoms with van der Waals surface area (Å²) in [5, 5.41) is 0. The highest BCUT2D eigenvalue weighted by Gasteiger charge is 2.28. The Kier molecular flexibility index (Phi) is 3.59. The SMILES string of the molecule is Cc1cc(C(C)N2CCC(N)C(C)C2)c(C)o1. The van der Waals surface area contributed by atoms with E-state index in [-0.39, 0.29) is 0 Å². The lowest BCUT2D eigenvalue weighted by Crippen LogP contribution is -2.46. The fourth-order valence-corrected chi connectivity index (χ4v) is 2.81. The Hall–Kier alpha value is -0.800. The number of hydrogen-bond acceptors (Lipinski definition) is 3. The van der Waals surface area contributed by atoms with Crippen LogP contribution in [0.4, 0.5) is 0 Å². The van der Waals surface area contributed by atoms with Crippen LogP contribution in [0.3, 0.4) is 0 Å². The summed E-state index contributed by atoms with van der Waals surface area (Å²) in [5.74, 6) is 2.64. The minimum absolute atomic E-state index is 0.366. The van der Waals surface area contributed by atoms with Crippen LogP contribution in [0, 0.1) is 19.8 Å². The Labute approximate surface area is 104 Å². The topological polar surface area (TPSA) is 42.4 Å². The van der Waals surface area contributed by atoms with Crippen LogP contribution in [0.1, 0.15) is 43.4 Å². The van der Waals surface area contributed by atoms with E-state index in [0.29, 0.717) is 18.0 Å². The molecule has 0 amide bonds. The van der Waals surface area contributed by atoms with E-state index >= 15 is 0 Å². The average molecular weight is 236 g/mol. The number of furan rings is 1. The van der Waals surface area contributed by atoms with Crippen molar-refractivity contribution < 1.29 is 4.42 Å². The summed E-state index contributed by atoms with van der Waals surface area (Å²) in [4.78, 5) is 2.52. The Balaban J connectivity index is 2.10. The van der Waals surface area contributed by atoms with Crippen molar-refractivity contribution in [3.63, 3.8) is 0 Å². The first-order valence-corrected chi connectivity index (χ1v) is 6.55. The normalized spacial score (nSPS) is 28.3. The number of likely N-dealkylation sites (tertiary alicyclic amines) is 1. The first kappa shape index (κ1) is 12.7. The van der Waals surface area contributed by atoms with E-state index in [2.05, 4.69) is 31.7 Å². The molecule has 1 aromatic rings. The van der Waals surface area contributed by atoms with Crippen LogP contribution in [0.15, 0.2) is 10.5 Å². The van der Waals surface area contributed by atoms with Crippen molar-refractivity contribution in [2.45, 2.75) is 46.2 Å². The molecule has 17 heavy (non-hydrogen) atoms. The lowest BCUT2D eigenvalue weighted by Gasteiger charge is -2.38. The van der Waals surface area contributed by atoms with E-state index in [0.717, 1.165) is 31.0 Å². The number of nitrogens with two attached hydrogens (primary N) is 1. The quantitative estimate of drug-likeness (QED) is 0.858. The molecule has 2 N–H and O–H groups in total. The highest BCUT2D eigenvalue weighted by molar-refractivity contribution is 5.23. The predicted octanol–water partition coefficient (Wildman–Crippen LogP) is 2.63. The van der Waals surface area contributed by atoms with Gasteiger partial charge in [0.25, 0.3) is 0 Å². The molecule has 3 unspecified atom stereocenters. The van der Waals surface area contributed by atoms with E-state index in [4.69, 9.17) is 10.2 Å². The minimum atomic E-state index is 0.366. The average Bonchev–Trinajstić information content (AvgIpc) is 2.61. The summed E-state index contributed by atoms with van der Waals surface area (Å²) in [7, 11) is 0. The third-order valence-electron chi connectivity index (χ3n) is 4.08. The summed E-state index contributed by atoms with van der Waals surface area (Å²) in [5.41, 5.74) is 7.39. The molecule has 2 rings (SSSR count). The van der Waals surface area contributed by atoms with Crippen molar-refractivity contribution in [2.24, 2.45) is 11.7 Å². The molecule has 0 saturated carbocycles. The molecule has 3 heteroatoms. The smallest absolute Gasteiger partial charge is 0.105 e. The van der Waals surface area contributed by atoms with E-state index in [1.165, 1.54) is 5.56 Å². The second kappa shape index (κ2) is 4.83. The second-order valence-electron chi connectivity index (χ2n) is 5.47. The zero-order valence-electron chi connectivity index (χ0n) is 11.4. The van der Waals surface area contributed by atoms with Crippen molar-refractivity contribution in [2.75, 3.05) is 13.1 Å². The molecule has 96 valence electrons. The van der Waals surface area contributed by atoms with Crippen LogP contribution in [-0.2, 0) is 0 Å². The standard InChI is InChI=1S/C14H24N2O/c1-9-8-16(6-5-14(9)15)11(3)13-7-10(2)17-12(13)4/h7,9,11,14H,5-6,8,15H2,1-4H3. The van der Waals surface area contributed by atoms with Gasteiger partial charge in [0, 0.05) is 30.7 Å². The molecule has 1 aromatic heterocycles. The molecule has 0 radical (unpaired) electrons. The van der Waals surface area contributed by atoms with Crippen LogP contribution in [0.2, 0.25) is 0 Å². The first-order valence-electron chi connectivity index (χ1n) is 6.55. The van der Waals surface area contributed by atoms with Gasteiger partial charge in [0.05, 0.1) is 0 Å². The Morgan fingerprint density at radius 1 is 1.47 bits per heavy atom. The molecule has 3 atom stereocenters. The largest absolute Gasteiger partial charge is 0.466 e. The van der Waals surface area contributed by atoms with Gasteiger partial charge in [-0.3, -0.25) is 4.90 Å².